The van der Waals surface area contributed by atoms with Crippen molar-refractivity contribution >= 4 is 11.4 Å². The van der Waals surface area contributed by atoms with E-state index in [9.17, 15) is 10.1 Å². The summed E-state index contributed by atoms with van der Waals surface area (Å²) in [7, 11) is 0. The molecule has 1 saturated carbocycles. The van der Waals surface area contributed by atoms with Crippen LogP contribution in [0.15, 0.2) is 40.8 Å². The predicted molar refractivity (Wildman–Crippen MR) is 118 cm³/mol. The number of aliphatic imine (C=N–C) groups is 1. The van der Waals surface area contributed by atoms with Crippen LogP contribution in [0.5, 0.6) is 0 Å². The molecule has 0 bridgehead atoms. The van der Waals surface area contributed by atoms with Gasteiger partial charge >= 0.3 is 5.70 Å². The molecule has 1 aromatic rings. The minimum absolute atomic E-state index is 0.0457. The van der Waals surface area contributed by atoms with E-state index in [-0.39, 0.29) is 10.6 Å². The summed E-state index contributed by atoms with van der Waals surface area (Å²) < 4.78 is 1.67. The largest absolute Gasteiger partial charge is 0.367 e. The first-order chi connectivity index (χ1) is 13.9. The maximum atomic E-state index is 11.9. The summed E-state index contributed by atoms with van der Waals surface area (Å²) >= 11 is 0. The molecule has 0 radical (unpaired) electrons. The molecule has 160 valence electrons. The third kappa shape index (κ3) is 5.78. The fraction of sp³-hybridized carbons (Fsp3) is 0.636. The molecule has 29 heavy (non-hydrogen) atoms. The summed E-state index contributed by atoms with van der Waals surface area (Å²) in [6, 6.07) is 0.380. The molecule has 2 unspecified atom stereocenters. The van der Waals surface area contributed by atoms with E-state index in [0.29, 0.717) is 29.8 Å². The van der Waals surface area contributed by atoms with E-state index in [1.165, 1.54) is 19.3 Å². The number of nitrogens with one attached hydrogen (secondary N) is 1. The second-order valence-corrected chi connectivity index (χ2v) is 7.76. The van der Waals surface area contributed by atoms with Crippen LogP contribution < -0.4 is 5.32 Å². The topological polar surface area (TPSA) is 85.3 Å². The Morgan fingerprint density at radius 1 is 1.24 bits per heavy atom. The lowest BCUT2D eigenvalue weighted by Crippen LogP contribution is -2.38. The first kappa shape index (κ1) is 22.8. The third-order valence-electron chi connectivity index (χ3n) is 5.96. The fourth-order valence-electron chi connectivity index (χ4n) is 3.94. The molecule has 0 saturated heterocycles. The average Bonchev–Trinajstić information content (AvgIpc) is 3.26. The van der Waals surface area contributed by atoms with Gasteiger partial charge in [0.05, 0.1) is 11.3 Å². The number of hydrogen-bond donors (Lipinski definition) is 1. The predicted octanol–water partition coefficient (Wildman–Crippen LogP) is 5.40. The Morgan fingerprint density at radius 2 is 1.97 bits per heavy atom. The van der Waals surface area contributed by atoms with Crippen molar-refractivity contribution in [2.45, 2.75) is 85.6 Å². The number of nitro groups is 1. The Morgan fingerprint density at radius 3 is 2.52 bits per heavy atom. The van der Waals surface area contributed by atoms with Gasteiger partial charge in [0.25, 0.3) is 0 Å². The van der Waals surface area contributed by atoms with Crippen LogP contribution in [0.1, 0.15) is 79.6 Å². The molecule has 1 aliphatic rings. The second-order valence-electron chi connectivity index (χ2n) is 7.76. The number of nitrogens with zero attached hydrogens (tertiary/aromatic N) is 4. The van der Waals surface area contributed by atoms with Crippen LogP contribution in [-0.4, -0.2) is 26.2 Å². The van der Waals surface area contributed by atoms with Gasteiger partial charge in [-0.2, -0.15) is 0 Å². The van der Waals surface area contributed by atoms with Crippen LogP contribution in [0.25, 0.3) is 5.70 Å². The van der Waals surface area contributed by atoms with Gasteiger partial charge in [0.1, 0.15) is 17.2 Å². The minimum Gasteiger partial charge on any atom is -0.367 e. The second kappa shape index (κ2) is 10.9. The normalized spacial score (nSPS) is 22.0. The molecular formula is C22H35N5O2. The van der Waals surface area contributed by atoms with Crippen molar-refractivity contribution in [3.63, 3.8) is 0 Å². The van der Waals surface area contributed by atoms with E-state index >= 15 is 0 Å². The van der Waals surface area contributed by atoms with E-state index in [1.807, 2.05) is 6.92 Å². The molecule has 7 heteroatoms. The van der Waals surface area contributed by atoms with E-state index in [2.05, 4.69) is 31.1 Å². The first-order valence-electron chi connectivity index (χ1n) is 10.8. The smallest absolute Gasteiger partial charge is 0.310 e. The summed E-state index contributed by atoms with van der Waals surface area (Å²) in [5, 5.41) is 15.6. The van der Waals surface area contributed by atoms with E-state index in [4.69, 9.17) is 4.99 Å². The Labute approximate surface area is 174 Å². The van der Waals surface area contributed by atoms with Gasteiger partial charge in [0, 0.05) is 18.4 Å². The molecule has 1 heterocycles. The first-order valence-corrected chi connectivity index (χ1v) is 10.8. The van der Waals surface area contributed by atoms with Gasteiger partial charge in [-0.05, 0) is 51.0 Å². The molecule has 2 rings (SSSR count). The van der Waals surface area contributed by atoms with Gasteiger partial charge in [-0.3, -0.25) is 10.1 Å². The van der Waals surface area contributed by atoms with E-state index in [1.54, 1.807) is 30.2 Å². The molecule has 1 N–H and O–H groups in total. The van der Waals surface area contributed by atoms with Crippen molar-refractivity contribution in [3.8, 4) is 0 Å². The van der Waals surface area contributed by atoms with Gasteiger partial charge in [0.2, 0.25) is 0 Å². The summed E-state index contributed by atoms with van der Waals surface area (Å²) in [6.45, 7) is 10.0. The Balaban J connectivity index is 2.46. The lowest BCUT2D eigenvalue weighted by molar-refractivity contribution is -0.414. The monoisotopic (exact) mass is 401 g/mol. The maximum absolute atomic E-state index is 11.9. The molecule has 0 amide bonds. The molecule has 7 nitrogen and oxygen atoms in total. The number of allylic oxidation sites excluding steroid dienone is 3. The van der Waals surface area contributed by atoms with Gasteiger partial charge < -0.3 is 9.88 Å². The summed E-state index contributed by atoms with van der Waals surface area (Å²) in [5.41, 5.74) is 2.18. The summed E-state index contributed by atoms with van der Waals surface area (Å²) in [4.78, 5) is 20.5. The van der Waals surface area contributed by atoms with Crippen LogP contribution in [0.2, 0.25) is 0 Å². The van der Waals surface area contributed by atoms with Crippen molar-refractivity contribution in [2.24, 2.45) is 10.9 Å². The number of hydrogen-bond acceptors (Lipinski definition) is 5. The zero-order valence-electron chi connectivity index (χ0n) is 18.4. The Kier molecular flexibility index (Phi) is 8.61. The summed E-state index contributed by atoms with van der Waals surface area (Å²) in [5.74, 6) is 1.43. The third-order valence-corrected chi connectivity index (χ3v) is 5.96. The Hall–Kier alpha value is -2.44. The fourth-order valence-corrected chi connectivity index (χ4v) is 3.94. The molecule has 0 aliphatic heterocycles. The maximum Gasteiger partial charge on any atom is 0.310 e. The molecule has 0 aromatic carbocycles. The standard InChI is InChI=1S/C22H35N5O2/c1-6-16(4)22(25-20-12-10-9-11-18(20)7-2)24-19(8-3)21(27(28)29)17(5)26-14-13-23-15-26/h13-15,18,20,25H,6-12H2,1-5H3/b21-17-,22-16?,24-19-. The van der Waals surface area contributed by atoms with Crippen molar-refractivity contribution in [2.75, 3.05) is 0 Å². The summed E-state index contributed by atoms with van der Waals surface area (Å²) in [6.07, 6.45) is 12.2. The van der Waals surface area contributed by atoms with Gasteiger partial charge in [0.15, 0.2) is 0 Å². The highest BCUT2D eigenvalue weighted by Crippen LogP contribution is 2.28. The lowest BCUT2D eigenvalue weighted by Gasteiger charge is -2.33. The van der Waals surface area contributed by atoms with Crippen LogP contribution in [0, 0.1) is 16.0 Å². The molecule has 1 aliphatic carbocycles. The van der Waals surface area contributed by atoms with Crippen molar-refractivity contribution in [1.82, 2.24) is 14.9 Å². The molecular weight excluding hydrogens is 366 g/mol. The van der Waals surface area contributed by atoms with Crippen LogP contribution >= 0.6 is 0 Å². The molecule has 1 fully saturated rings. The Bertz CT molecular complexity index is 777. The highest BCUT2D eigenvalue weighted by molar-refractivity contribution is 6.02. The lowest BCUT2D eigenvalue weighted by atomic mass is 9.83. The number of aromatic nitrogens is 2. The van der Waals surface area contributed by atoms with Crippen LogP contribution in [-0.2, 0) is 0 Å². The van der Waals surface area contributed by atoms with Crippen molar-refractivity contribution in [3.05, 3.63) is 45.9 Å². The van der Waals surface area contributed by atoms with Crippen molar-refractivity contribution in [1.29, 1.82) is 0 Å². The molecule has 2 atom stereocenters. The van der Waals surface area contributed by atoms with E-state index in [0.717, 1.165) is 30.7 Å². The SMILES string of the molecule is CCC(C)=C(/N=C(CC)\C(=C(/C)n1ccnc1)[N+](=O)[O-])NC1CCCCC1CC. The van der Waals surface area contributed by atoms with Gasteiger partial charge in [-0.1, -0.05) is 40.0 Å². The zero-order chi connectivity index (χ0) is 21.4. The van der Waals surface area contributed by atoms with Crippen LogP contribution in [0.4, 0.5) is 0 Å². The highest BCUT2D eigenvalue weighted by Gasteiger charge is 2.27. The zero-order valence-corrected chi connectivity index (χ0v) is 18.4. The number of rotatable bonds is 9. The average molecular weight is 402 g/mol. The molecule has 1 aromatic heterocycles. The molecule has 0 spiro atoms. The quantitative estimate of drug-likeness (QED) is 0.341. The van der Waals surface area contributed by atoms with Gasteiger partial charge in [-0.25, -0.2) is 9.98 Å². The highest BCUT2D eigenvalue weighted by atomic mass is 16.6. The van der Waals surface area contributed by atoms with Gasteiger partial charge in [-0.15, -0.1) is 0 Å². The number of imidazole rings is 1. The van der Waals surface area contributed by atoms with Crippen LogP contribution in [0.3, 0.4) is 0 Å². The van der Waals surface area contributed by atoms with E-state index < -0.39 is 0 Å². The van der Waals surface area contributed by atoms with Crippen molar-refractivity contribution < 1.29 is 4.92 Å². The minimum atomic E-state index is -0.327.